The molecule has 0 spiro atoms. The average molecular weight is 495 g/mol. The van der Waals surface area contributed by atoms with Crippen LogP contribution in [0.2, 0.25) is 0 Å². The van der Waals surface area contributed by atoms with E-state index in [1.54, 1.807) is 43.3 Å². The number of nitrogens with one attached hydrogen (secondary N) is 1. The van der Waals surface area contributed by atoms with Crippen LogP contribution in [0.4, 0.5) is 23.2 Å². The van der Waals surface area contributed by atoms with E-state index < -0.39 is 18.4 Å². The number of hydrogen-bond acceptors (Lipinski definition) is 4. The number of anilines is 1. The van der Waals surface area contributed by atoms with E-state index in [-0.39, 0.29) is 22.7 Å². The molecule has 1 heterocycles. The van der Waals surface area contributed by atoms with Crippen molar-refractivity contribution in [1.82, 2.24) is 9.97 Å². The molecule has 9 heteroatoms. The minimum Gasteiger partial charge on any atom is -0.434 e. The highest BCUT2D eigenvalue weighted by molar-refractivity contribution is 6.03. The van der Waals surface area contributed by atoms with Crippen LogP contribution < -0.4 is 10.1 Å². The minimum atomic E-state index is -3.06. The van der Waals surface area contributed by atoms with Gasteiger partial charge in [-0.3, -0.25) is 9.78 Å². The lowest BCUT2D eigenvalue weighted by Gasteiger charge is -2.14. The lowest BCUT2D eigenvalue weighted by molar-refractivity contribution is -0.0494. The molecule has 0 saturated heterocycles. The second-order valence-corrected chi connectivity index (χ2v) is 8.07. The first-order chi connectivity index (χ1) is 17.1. The monoisotopic (exact) mass is 495 g/mol. The molecule has 3 aromatic carbocycles. The van der Waals surface area contributed by atoms with Crippen LogP contribution in [0.25, 0.3) is 22.4 Å². The van der Waals surface area contributed by atoms with Crippen molar-refractivity contribution in [3.05, 3.63) is 95.9 Å². The van der Waals surface area contributed by atoms with Gasteiger partial charge in [0.25, 0.3) is 11.8 Å². The van der Waals surface area contributed by atoms with Crippen LogP contribution in [0.15, 0.2) is 79.0 Å². The number of hydrogen-bond donors (Lipinski definition) is 1. The van der Waals surface area contributed by atoms with Crippen molar-refractivity contribution in [2.24, 2.45) is 0 Å². The summed E-state index contributed by atoms with van der Waals surface area (Å²) in [5.41, 5.74) is 2.18. The van der Waals surface area contributed by atoms with Crippen LogP contribution in [0, 0.1) is 6.92 Å². The van der Waals surface area contributed by atoms with E-state index in [1.165, 1.54) is 42.6 Å². The van der Waals surface area contributed by atoms with Gasteiger partial charge in [0, 0.05) is 29.3 Å². The van der Waals surface area contributed by atoms with Gasteiger partial charge in [-0.1, -0.05) is 42.5 Å². The number of benzene rings is 3. The molecule has 0 aliphatic carbocycles. The van der Waals surface area contributed by atoms with Crippen LogP contribution in [0.3, 0.4) is 0 Å². The minimum absolute atomic E-state index is 0.00432. The molecular weight excluding hydrogens is 474 g/mol. The number of aryl methyl sites for hydroxylation is 1. The molecule has 0 saturated carbocycles. The molecule has 4 aromatic rings. The number of aromatic nitrogens is 2. The fourth-order valence-electron chi connectivity index (χ4n) is 3.60. The summed E-state index contributed by atoms with van der Waals surface area (Å²) >= 11 is 0. The maximum absolute atomic E-state index is 13.7. The Labute approximate surface area is 204 Å². The Balaban J connectivity index is 1.68. The third-order valence-corrected chi connectivity index (χ3v) is 5.37. The van der Waals surface area contributed by atoms with E-state index in [1.807, 2.05) is 0 Å². The topological polar surface area (TPSA) is 64.1 Å². The average Bonchev–Trinajstić information content (AvgIpc) is 2.84. The highest BCUT2D eigenvalue weighted by atomic mass is 19.3. The number of carbonyl (C=O) groups is 1. The van der Waals surface area contributed by atoms with E-state index in [4.69, 9.17) is 0 Å². The summed E-state index contributed by atoms with van der Waals surface area (Å²) in [7, 11) is 0. The molecular formula is C27H21F4N3O2. The van der Waals surface area contributed by atoms with Crippen molar-refractivity contribution in [3.8, 4) is 28.1 Å². The van der Waals surface area contributed by atoms with Crippen LogP contribution >= 0.6 is 0 Å². The quantitative estimate of drug-likeness (QED) is 0.278. The van der Waals surface area contributed by atoms with Gasteiger partial charge in [0.05, 0.1) is 17.6 Å². The van der Waals surface area contributed by atoms with Crippen LogP contribution in [-0.4, -0.2) is 22.5 Å². The molecule has 184 valence electrons. The first-order valence-corrected chi connectivity index (χ1v) is 10.9. The van der Waals surface area contributed by atoms with Gasteiger partial charge in [-0.2, -0.15) is 8.78 Å². The SMILES string of the molecule is Cc1ncc(-c2ccc(OC(F)F)c(-c3ccccc3)c2)nc1C(=O)Nc1cccc(C(C)(F)F)c1. The van der Waals surface area contributed by atoms with Gasteiger partial charge in [0.15, 0.2) is 0 Å². The summed E-state index contributed by atoms with van der Waals surface area (Å²) in [6, 6.07) is 18.8. The Morgan fingerprint density at radius 2 is 1.72 bits per heavy atom. The van der Waals surface area contributed by atoms with E-state index in [9.17, 15) is 22.4 Å². The zero-order chi connectivity index (χ0) is 25.9. The van der Waals surface area contributed by atoms with Gasteiger partial charge in [0.1, 0.15) is 11.4 Å². The maximum Gasteiger partial charge on any atom is 0.387 e. The lowest BCUT2D eigenvalue weighted by atomic mass is 10.0. The maximum atomic E-state index is 13.7. The lowest BCUT2D eigenvalue weighted by Crippen LogP contribution is -2.17. The largest absolute Gasteiger partial charge is 0.434 e. The summed E-state index contributed by atoms with van der Waals surface area (Å²) in [4.78, 5) is 21.6. The van der Waals surface area contributed by atoms with E-state index in [0.717, 1.165) is 6.92 Å². The summed E-state index contributed by atoms with van der Waals surface area (Å²) in [5, 5.41) is 2.58. The molecule has 0 radical (unpaired) electrons. The Bertz CT molecular complexity index is 1390. The molecule has 0 bridgehead atoms. The molecule has 0 fully saturated rings. The highest BCUT2D eigenvalue weighted by Gasteiger charge is 2.25. The summed E-state index contributed by atoms with van der Waals surface area (Å²) in [5.74, 6) is -3.70. The van der Waals surface area contributed by atoms with Gasteiger partial charge in [0.2, 0.25) is 0 Å². The van der Waals surface area contributed by atoms with Gasteiger partial charge in [-0.15, -0.1) is 0 Å². The van der Waals surface area contributed by atoms with Crippen LogP contribution in [0.1, 0.15) is 28.7 Å². The Morgan fingerprint density at radius 1 is 0.972 bits per heavy atom. The summed E-state index contributed by atoms with van der Waals surface area (Å²) in [6.45, 7) is -0.634. The molecule has 0 aliphatic heterocycles. The smallest absolute Gasteiger partial charge is 0.387 e. The zero-order valence-electron chi connectivity index (χ0n) is 19.3. The molecule has 0 aliphatic rings. The Kier molecular flexibility index (Phi) is 7.00. The third-order valence-electron chi connectivity index (χ3n) is 5.37. The van der Waals surface area contributed by atoms with Crippen molar-refractivity contribution < 1.29 is 27.1 Å². The molecule has 36 heavy (non-hydrogen) atoms. The van der Waals surface area contributed by atoms with Crippen LogP contribution in [-0.2, 0) is 5.92 Å². The summed E-state index contributed by atoms with van der Waals surface area (Å²) in [6.07, 6.45) is 1.46. The molecule has 4 rings (SSSR count). The molecule has 0 unspecified atom stereocenters. The number of halogens is 4. The van der Waals surface area contributed by atoms with Crippen LogP contribution in [0.5, 0.6) is 5.75 Å². The van der Waals surface area contributed by atoms with E-state index in [0.29, 0.717) is 28.1 Å². The van der Waals surface area contributed by atoms with Crippen molar-refractivity contribution in [3.63, 3.8) is 0 Å². The summed E-state index contributed by atoms with van der Waals surface area (Å²) < 4.78 is 57.9. The fourth-order valence-corrected chi connectivity index (χ4v) is 3.60. The standard InChI is InChI=1S/C27H21F4N3O2/c1-16-24(25(35)33-20-10-6-9-19(14-20)27(2,30)31)34-22(15-32-16)18-11-12-23(36-26(28)29)21(13-18)17-7-4-3-5-8-17/h3-15,26H,1-2H3,(H,33,35). The van der Waals surface area contributed by atoms with Crippen molar-refractivity contribution in [1.29, 1.82) is 0 Å². The fraction of sp³-hybridized carbons (Fsp3) is 0.148. The Hall–Kier alpha value is -4.27. The first kappa shape index (κ1) is 24.8. The number of amides is 1. The predicted octanol–water partition coefficient (Wildman–Crippen LogP) is 7.08. The molecule has 1 amide bonds. The predicted molar refractivity (Wildman–Crippen MR) is 128 cm³/mol. The van der Waals surface area contributed by atoms with E-state index in [2.05, 4.69) is 20.0 Å². The van der Waals surface area contributed by atoms with E-state index >= 15 is 0 Å². The molecule has 0 atom stereocenters. The molecule has 5 nitrogen and oxygen atoms in total. The number of ether oxygens (including phenoxy) is 1. The second kappa shape index (κ2) is 10.2. The van der Waals surface area contributed by atoms with Crippen molar-refractivity contribution >= 4 is 11.6 Å². The zero-order valence-corrected chi connectivity index (χ0v) is 19.3. The Morgan fingerprint density at radius 3 is 2.42 bits per heavy atom. The van der Waals surface area contributed by atoms with Crippen molar-refractivity contribution in [2.75, 3.05) is 5.32 Å². The number of rotatable bonds is 7. The normalized spacial score (nSPS) is 11.4. The van der Waals surface area contributed by atoms with Gasteiger partial charge in [-0.05, 0) is 42.8 Å². The number of nitrogens with zero attached hydrogens (tertiary/aromatic N) is 2. The first-order valence-electron chi connectivity index (χ1n) is 10.9. The van der Waals surface area contributed by atoms with Gasteiger partial charge >= 0.3 is 6.61 Å². The van der Waals surface area contributed by atoms with Crippen molar-refractivity contribution in [2.45, 2.75) is 26.4 Å². The third kappa shape index (κ3) is 5.68. The second-order valence-electron chi connectivity index (χ2n) is 8.07. The highest BCUT2D eigenvalue weighted by Crippen LogP contribution is 2.35. The molecule has 1 N–H and O–H groups in total. The number of alkyl halides is 4. The molecule has 1 aromatic heterocycles. The van der Waals surface area contributed by atoms with Gasteiger partial charge in [-0.25, -0.2) is 13.8 Å². The van der Waals surface area contributed by atoms with Gasteiger partial charge < -0.3 is 10.1 Å². The number of carbonyl (C=O) groups excluding carboxylic acids is 1.